The Morgan fingerprint density at radius 2 is 1.91 bits per heavy atom. The highest BCUT2D eigenvalue weighted by Gasteiger charge is 2.35. The molecule has 2 amide bonds. The molecule has 2 aliphatic rings. The second-order valence-corrected chi connectivity index (χ2v) is 6.75. The van der Waals surface area contributed by atoms with Gasteiger partial charge in [-0.3, -0.25) is 14.5 Å². The normalized spacial score (nSPS) is 20.2. The quantitative estimate of drug-likeness (QED) is 0.918. The molecule has 0 spiro atoms. The Kier molecular flexibility index (Phi) is 4.87. The molecule has 0 bridgehead atoms. The Bertz CT molecular complexity index is 595. The van der Waals surface area contributed by atoms with Crippen LogP contribution in [0.5, 0.6) is 0 Å². The third-order valence-electron chi connectivity index (χ3n) is 4.57. The minimum atomic E-state index is -0.229. The molecule has 1 aromatic rings. The van der Waals surface area contributed by atoms with Crippen LogP contribution in [0.1, 0.15) is 19.8 Å². The van der Waals surface area contributed by atoms with Gasteiger partial charge in [0.25, 0.3) is 0 Å². The molecule has 1 aromatic carbocycles. The van der Waals surface area contributed by atoms with Crippen LogP contribution < -0.4 is 5.32 Å². The first-order valence-electron chi connectivity index (χ1n) is 8.14. The van der Waals surface area contributed by atoms with E-state index in [9.17, 15) is 9.59 Å². The Balaban J connectivity index is 1.51. The third-order valence-corrected chi connectivity index (χ3v) is 4.81. The molecule has 1 aliphatic heterocycles. The lowest BCUT2D eigenvalue weighted by Crippen LogP contribution is -2.54. The molecule has 23 heavy (non-hydrogen) atoms. The van der Waals surface area contributed by atoms with Crippen LogP contribution in [0.2, 0.25) is 5.02 Å². The number of anilines is 1. The number of hydrogen-bond donors (Lipinski definition) is 1. The third kappa shape index (κ3) is 4.03. The lowest BCUT2D eigenvalue weighted by atomic mass is 10.2. The molecule has 1 saturated carbocycles. The minimum Gasteiger partial charge on any atom is -0.340 e. The van der Waals surface area contributed by atoms with E-state index in [2.05, 4.69) is 10.2 Å². The first-order valence-corrected chi connectivity index (χ1v) is 8.51. The molecule has 3 rings (SSSR count). The average molecular weight is 336 g/mol. The zero-order valence-corrected chi connectivity index (χ0v) is 14.1. The van der Waals surface area contributed by atoms with E-state index < -0.39 is 0 Å². The summed E-state index contributed by atoms with van der Waals surface area (Å²) in [5, 5.41) is 3.50. The molecule has 6 heteroatoms. The summed E-state index contributed by atoms with van der Waals surface area (Å²) >= 11 is 5.93. The number of rotatable bonds is 4. The van der Waals surface area contributed by atoms with Gasteiger partial charge in [-0.15, -0.1) is 0 Å². The van der Waals surface area contributed by atoms with Crippen LogP contribution in [0, 0.1) is 5.92 Å². The zero-order chi connectivity index (χ0) is 16.4. The van der Waals surface area contributed by atoms with Crippen LogP contribution in [-0.2, 0) is 9.59 Å². The molecule has 1 aliphatic carbocycles. The van der Waals surface area contributed by atoms with Crippen molar-refractivity contribution in [2.75, 3.05) is 31.5 Å². The van der Waals surface area contributed by atoms with Crippen LogP contribution in [0.4, 0.5) is 5.69 Å². The van der Waals surface area contributed by atoms with E-state index in [1.165, 1.54) is 0 Å². The minimum absolute atomic E-state index is 0.0470. The summed E-state index contributed by atoms with van der Waals surface area (Å²) in [5.41, 5.74) is 0.705. The summed E-state index contributed by atoms with van der Waals surface area (Å²) in [5.74, 6) is 0.514. The number of benzene rings is 1. The van der Waals surface area contributed by atoms with Crippen molar-refractivity contribution in [1.82, 2.24) is 9.80 Å². The van der Waals surface area contributed by atoms with Gasteiger partial charge in [-0.25, -0.2) is 0 Å². The van der Waals surface area contributed by atoms with Crippen molar-refractivity contribution in [1.29, 1.82) is 0 Å². The highest BCUT2D eigenvalue weighted by Crippen LogP contribution is 2.31. The number of amides is 2. The first-order chi connectivity index (χ1) is 11.0. The number of carbonyl (C=O) groups excluding carboxylic acids is 2. The lowest BCUT2D eigenvalue weighted by Gasteiger charge is -2.37. The van der Waals surface area contributed by atoms with Gasteiger partial charge in [-0.1, -0.05) is 17.7 Å². The van der Waals surface area contributed by atoms with Gasteiger partial charge in [0.1, 0.15) is 0 Å². The van der Waals surface area contributed by atoms with Crippen LogP contribution in [0.25, 0.3) is 0 Å². The standard InChI is InChI=1S/C17H22ClN3O2/c1-12(16(22)19-15-4-2-3-14(18)11-15)20-7-9-21(10-8-20)17(23)13-5-6-13/h2-4,11-13H,5-10H2,1H3,(H,19,22)/t12-/m1/s1. The molecule has 2 fully saturated rings. The zero-order valence-electron chi connectivity index (χ0n) is 13.3. The molecule has 0 aromatic heterocycles. The van der Waals surface area contributed by atoms with Gasteiger partial charge in [-0.2, -0.15) is 0 Å². The molecule has 5 nitrogen and oxygen atoms in total. The van der Waals surface area contributed by atoms with E-state index in [-0.39, 0.29) is 17.9 Å². The summed E-state index contributed by atoms with van der Waals surface area (Å²) in [6, 6.07) is 6.91. The number of nitrogens with one attached hydrogen (secondary N) is 1. The van der Waals surface area contributed by atoms with Crippen molar-refractivity contribution in [3.8, 4) is 0 Å². The smallest absolute Gasteiger partial charge is 0.241 e. The summed E-state index contributed by atoms with van der Waals surface area (Å²) in [6.07, 6.45) is 2.08. The van der Waals surface area contributed by atoms with Gasteiger partial charge in [0.2, 0.25) is 11.8 Å². The predicted molar refractivity (Wildman–Crippen MR) is 90.4 cm³/mol. The maximum absolute atomic E-state index is 12.4. The van der Waals surface area contributed by atoms with Crippen molar-refractivity contribution in [3.05, 3.63) is 29.3 Å². The summed E-state index contributed by atoms with van der Waals surface area (Å²) in [4.78, 5) is 28.5. The molecule has 124 valence electrons. The van der Waals surface area contributed by atoms with E-state index >= 15 is 0 Å². The maximum atomic E-state index is 12.4. The maximum Gasteiger partial charge on any atom is 0.241 e. The van der Waals surface area contributed by atoms with Gasteiger partial charge in [-0.05, 0) is 38.0 Å². The van der Waals surface area contributed by atoms with Gasteiger partial charge >= 0.3 is 0 Å². The summed E-state index contributed by atoms with van der Waals surface area (Å²) in [7, 11) is 0. The second-order valence-electron chi connectivity index (χ2n) is 6.31. The molecular weight excluding hydrogens is 314 g/mol. The van der Waals surface area contributed by atoms with Crippen LogP contribution in [-0.4, -0.2) is 53.8 Å². The fourth-order valence-corrected chi connectivity index (χ4v) is 3.09. The number of hydrogen-bond acceptors (Lipinski definition) is 3. The van der Waals surface area contributed by atoms with E-state index in [1.807, 2.05) is 24.0 Å². The predicted octanol–water partition coefficient (Wildman–Crippen LogP) is 2.22. The van der Waals surface area contributed by atoms with E-state index in [0.717, 1.165) is 25.9 Å². The number of nitrogens with zero attached hydrogens (tertiary/aromatic N) is 2. The fourth-order valence-electron chi connectivity index (χ4n) is 2.90. The van der Waals surface area contributed by atoms with Crippen LogP contribution in [0.15, 0.2) is 24.3 Å². The molecule has 0 unspecified atom stereocenters. The van der Waals surface area contributed by atoms with Crippen molar-refractivity contribution in [2.45, 2.75) is 25.8 Å². The number of piperazine rings is 1. The van der Waals surface area contributed by atoms with E-state index in [1.54, 1.807) is 12.1 Å². The Labute approximate surface area is 141 Å². The number of halogens is 1. The molecule has 1 N–H and O–H groups in total. The molecule has 1 heterocycles. The van der Waals surface area contributed by atoms with Gasteiger partial charge < -0.3 is 10.2 Å². The topological polar surface area (TPSA) is 52.7 Å². The Morgan fingerprint density at radius 3 is 2.52 bits per heavy atom. The Hall–Kier alpha value is -1.59. The highest BCUT2D eigenvalue weighted by atomic mass is 35.5. The molecule has 1 atom stereocenters. The van der Waals surface area contributed by atoms with Crippen LogP contribution in [0.3, 0.4) is 0 Å². The van der Waals surface area contributed by atoms with Crippen molar-refractivity contribution in [2.24, 2.45) is 5.92 Å². The van der Waals surface area contributed by atoms with Crippen molar-refractivity contribution >= 4 is 29.1 Å². The van der Waals surface area contributed by atoms with Crippen LogP contribution >= 0.6 is 11.6 Å². The first kappa shape index (κ1) is 16.3. The monoisotopic (exact) mass is 335 g/mol. The second kappa shape index (κ2) is 6.89. The highest BCUT2D eigenvalue weighted by molar-refractivity contribution is 6.30. The number of carbonyl (C=O) groups is 2. The fraction of sp³-hybridized carbons (Fsp3) is 0.529. The lowest BCUT2D eigenvalue weighted by molar-refractivity contribution is -0.135. The van der Waals surface area contributed by atoms with Crippen molar-refractivity contribution in [3.63, 3.8) is 0 Å². The molecule has 1 saturated heterocycles. The van der Waals surface area contributed by atoms with Gasteiger partial charge in [0, 0.05) is 42.8 Å². The summed E-state index contributed by atoms with van der Waals surface area (Å²) < 4.78 is 0. The SMILES string of the molecule is C[C@H](C(=O)Nc1cccc(Cl)c1)N1CCN(C(=O)C2CC2)CC1. The average Bonchev–Trinajstić information content (AvgIpc) is 3.38. The molecule has 0 radical (unpaired) electrons. The van der Waals surface area contributed by atoms with E-state index in [0.29, 0.717) is 29.7 Å². The van der Waals surface area contributed by atoms with Crippen molar-refractivity contribution < 1.29 is 9.59 Å². The van der Waals surface area contributed by atoms with Gasteiger partial charge in [0.15, 0.2) is 0 Å². The van der Waals surface area contributed by atoms with E-state index in [4.69, 9.17) is 11.6 Å². The molecular formula is C17H22ClN3O2. The largest absolute Gasteiger partial charge is 0.340 e. The Morgan fingerprint density at radius 1 is 1.22 bits per heavy atom. The summed E-state index contributed by atoms with van der Waals surface area (Å²) in [6.45, 7) is 4.80. The van der Waals surface area contributed by atoms with Gasteiger partial charge in [0.05, 0.1) is 6.04 Å².